The lowest BCUT2D eigenvalue weighted by Gasteiger charge is -2.30. The fourth-order valence-electron chi connectivity index (χ4n) is 7.09. The van der Waals surface area contributed by atoms with Crippen LogP contribution in [0.1, 0.15) is 23.6 Å². The molecule has 45 heavy (non-hydrogen) atoms. The number of hydrogen-bond acceptors (Lipinski definition) is 1. The molecule has 1 aliphatic carbocycles. The number of benzene rings is 7. The summed E-state index contributed by atoms with van der Waals surface area (Å²) in [6, 6.07) is 65.9. The highest BCUT2D eigenvalue weighted by molar-refractivity contribution is 5.96. The van der Waals surface area contributed by atoms with Gasteiger partial charge in [-0.15, -0.1) is 0 Å². The molecule has 0 heterocycles. The Kier molecular flexibility index (Phi) is 6.65. The average Bonchev–Trinajstić information content (AvgIpc) is 3.40. The van der Waals surface area contributed by atoms with Crippen LogP contribution in [0.4, 0.5) is 17.1 Å². The van der Waals surface area contributed by atoms with Gasteiger partial charge < -0.3 is 4.90 Å². The number of fused-ring (bicyclic) bond motifs is 3. The Morgan fingerprint density at radius 3 is 1.38 bits per heavy atom. The van der Waals surface area contributed by atoms with Gasteiger partial charge in [-0.2, -0.15) is 0 Å². The van der Waals surface area contributed by atoms with E-state index in [9.17, 15) is 0 Å². The average molecular weight is 576 g/mol. The second-order valence-electron chi connectivity index (χ2n) is 11.9. The predicted octanol–water partition coefficient (Wildman–Crippen LogP) is 11.8. The first-order chi connectivity index (χ1) is 22.2. The molecular weight excluding hydrogens is 542 g/mol. The molecule has 0 aromatic heterocycles. The van der Waals surface area contributed by atoms with Crippen molar-refractivity contribution < 1.29 is 0 Å². The molecule has 1 heteroatoms. The van der Waals surface area contributed by atoms with Crippen molar-refractivity contribution in [2.45, 2.75) is 12.3 Å². The van der Waals surface area contributed by atoms with Crippen molar-refractivity contribution in [2.24, 2.45) is 0 Å². The fourth-order valence-corrected chi connectivity index (χ4v) is 7.09. The van der Waals surface area contributed by atoms with Crippen molar-refractivity contribution in [3.8, 4) is 33.4 Å². The first-order valence-corrected chi connectivity index (χ1v) is 15.6. The van der Waals surface area contributed by atoms with Gasteiger partial charge in [0.2, 0.25) is 0 Å². The van der Waals surface area contributed by atoms with Crippen LogP contribution in [0.15, 0.2) is 182 Å². The Balaban J connectivity index is 1.33. The summed E-state index contributed by atoms with van der Waals surface area (Å²) in [7, 11) is 0. The van der Waals surface area contributed by atoms with Crippen molar-refractivity contribution >= 4 is 17.1 Å². The van der Waals surface area contributed by atoms with E-state index >= 15 is 0 Å². The van der Waals surface area contributed by atoms with Crippen LogP contribution in [0.3, 0.4) is 0 Å². The Bertz CT molecular complexity index is 2000. The molecule has 8 rings (SSSR count). The summed E-state index contributed by atoms with van der Waals surface area (Å²) in [5, 5.41) is 0. The molecule has 0 saturated carbocycles. The highest BCUT2D eigenvalue weighted by atomic mass is 15.1. The quantitative estimate of drug-likeness (QED) is 0.191. The van der Waals surface area contributed by atoms with E-state index < -0.39 is 0 Å². The van der Waals surface area contributed by atoms with Crippen LogP contribution in [0, 0.1) is 0 Å². The maximum atomic E-state index is 2.43. The van der Waals surface area contributed by atoms with E-state index in [1.807, 2.05) is 0 Å². The first kappa shape index (κ1) is 26.9. The molecule has 1 atom stereocenters. The zero-order valence-electron chi connectivity index (χ0n) is 25.3. The lowest BCUT2D eigenvalue weighted by molar-refractivity contribution is 0.714. The van der Waals surface area contributed by atoms with Gasteiger partial charge in [-0.05, 0) is 81.8 Å². The van der Waals surface area contributed by atoms with Crippen LogP contribution in [0.25, 0.3) is 33.4 Å². The third-order valence-corrected chi connectivity index (χ3v) is 9.37. The number of hydrogen-bond donors (Lipinski definition) is 0. The summed E-state index contributed by atoms with van der Waals surface area (Å²) in [5.74, 6) is 0. The van der Waals surface area contributed by atoms with Crippen LogP contribution < -0.4 is 4.90 Å². The van der Waals surface area contributed by atoms with Crippen molar-refractivity contribution in [3.63, 3.8) is 0 Å². The number of nitrogens with zero attached hydrogens (tertiary/aromatic N) is 1. The van der Waals surface area contributed by atoms with Gasteiger partial charge >= 0.3 is 0 Å². The molecule has 0 radical (unpaired) electrons. The Labute approximate surface area is 265 Å². The molecule has 7 aromatic carbocycles. The molecule has 1 nitrogen and oxygen atoms in total. The molecule has 0 aliphatic heterocycles. The van der Waals surface area contributed by atoms with Crippen LogP contribution >= 0.6 is 0 Å². The number of anilines is 3. The molecule has 1 unspecified atom stereocenters. The highest BCUT2D eigenvalue weighted by Gasteiger charge is 2.42. The van der Waals surface area contributed by atoms with Crippen LogP contribution in [0.5, 0.6) is 0 Å². The second kappa shape index (κ2) is 11.1. The normalized spacial score (nSPS) is 14.9. The van der Waals surface area contributed by atoms with E-state index in [2.05, 4.69) is 194 Å². The molecule has 0 N–H and O–H groups in total. The lowest BCUT2D eigenvalue weighted by atomic mass is 9.74. The van der Waals surface area contributed by atoms with E-state index in [4.69, 9.17) is 0 Å². The standard InChI is InChI=1S/C44H33N/c1-44(36-18-9-4-10-19-36)40-21-12-11-20-39(40)43-41(44)22-13-23-42(43)45(37-28-24-34(25-29-37)32-14-5-2-6-15-32)38-30-26-35(27-31-38)33-16-7-3-8-17-33/h2-31H,1H3. The SMILES string of the molecule is CC1(c2ccccc2)c2ccccc2-c2c(N(c3ccc(-c4ccccc4)cc3)c3ccc(-c4ccccc4)cc3)cccc21. The van der Waals surface area contributed by atoms with Gasteiger partial charge in [-0.3, -0.25) is 0 Å². The monoisotopic (exact) mass is 575 g/mol. The van der Waals surface area contributed by atoms with E-state index in [-0.39, 0.29) is 5.41 Å². The van der Waals surface area contributed by atoms with Crippen molar-refractivity contribution in [1.82, 2.24) is 0 Å². The minimum Gasteiger partial charge on any atom is -0.310 e. The zero-order chi connectivity index (χ0) is 30.2. The van der Waals surface area contributed by atoms with E-state index in [0.29, 0.717) is 0 Å². The molecule has 7 aromatic rings. The van der Waals surface area contributed by atoms with Gasteiger partial charge in [-0.25, -0.2) is 0 Å². The van der Waals surface area contributed by atoms with E-state index in [1.54, 1.807) is 0 Å². The van der Waals surface area contributed by atoms with Gasteiger partial charge in [0.1, 0.15) is 0 Å². The van der Waals surface area contributed by atoms with Gasteiger partial charge in [0.05, 0.1) is 5.69 Å². The summed E-state index contributed by atoms with van der Waals surface area (Å²) in [6.07, 6.45) is 0. The fraction of sp³-hybridized carbons (Fsp3) is 0.0455. The Morgan fingerprint density at radius 1 is 0.378 bits per heavy atom. The number of rotatable bonds is 6. The van der Waals surface area contributed by atoms with Crippen LogP contribution in [-0.4, -0.2) is 0 Å². The molecule has 0 bridgehead atoms. The van der Waals surface area contributed by atoms with Crippen molar-refractivity contribution in [2.75, 3.05) is 4.90 Å². The Hall–Kier alpha value is -5.66. The Morgan fingerprint density at radius 2 is 0.822 bits per heavy atom. The molecule has 0 saturated heterocycles. The first-order valence-electron chi connectivity index (χ1n) is 15.6. The van der Waals surface area contributed by atoms with Gasteiger partial charge in [0.25, 0.3) is 0 Å². The maximum Gasteiger partial charge on any atom is 0.0543 e. The smallest absolute Gasteiger partial charge is 0.0543 e. The van der Waals surface area contributed by atoms with Crippen LogP contribution in [-0.2, 0) is 5.41 Å². The minimum atomic E-state index is -0.261. The molecular formula is C44H33N. The maximum absolute atomic E-state index is 2.43. The van der Waals surface area contributed by atoms with Gasteiger partial charge in [0, 0.05) is 22.4 Å². The largest absolute Gasteiger partial charge is 0.310 e. The lowest BCUT2D eigenvalue weighted by Crippen LogP contribution is -2.22. The summed E-state index contributed by atoms with van der Waals surface area (Å²) >= 11 is 0. The van der Waals surface area contributed by atoms with Crippen LogP contribution in [0.2, 0.25) is 0 Å². The summed E-state index contributed by atoms with van der Waals surface area (Å²) < 4.78 is 0. The van der Waals surface area contributed by atoms with Crippen molar-refractivity contribution in [1.29, 1.82) is 0 Å². The minimum absolute atomic E-state index is 0.261. The molecule has 1 aliphatic rings. The zero-order valence-corrected chi connectivity index (χ0v) is 25.3. The third kappa shape index (κ3) is 4.56. The molecule has 0 fully saturated rings. The van der Waals surface area contributed by atoms with Gasteiger partial charge in [0.15, 0.2) is 0 Å². The molecule has 0 spiro atoms. The van der Waals surface area contributed by atoms with E-state index in [0.717, 1.165) is 11.4 Å². The summed E-state index contributed by atoms with van der Waals surface area (Å²) in [6.45, 7) is 2.38. The summed E-state index contributed by atoms with van der Waals surface area (Å²) in [4.78, 5) is 2.43. The third-order valence-electron chi connectivity index (χ3n) is 9.37. The van der Waals surface area contributed by atoms with Crippen molar-refractivity contribution in [3.05, 3.63) is 199 Å². The molecule has 214 valence electrons. The van der Waals surface area contributed by atoms with E-state index in [1.165, 1.54) is 55.8 Å². The second-order valence-corrected chi connectivity index (χ2v) is 11.9. The topological polar surface area (TPSA) is 3.24 Å². The van der Waals surface area contributed by atoms with Gasteiger partial charge in [-0.1, -0.05) is 152 Å². The predicted molar refractivity (Wildman–Crippen MR) is 189 cm³/mol. The summed E-state index contributed by atoms with van der Waals surface area (Å²) in [5.41, 5.74) is 14.6. The molecule has 0 amide bonds. The highest BCUT2D eigenvalue weighted by Crippen LogP contribution is 2.56.